The molecule has 184 valence electrons. The standard InChI is InChI=1S/C27H36ClN3O3/c1-6-31(7-2)22-13-11-21(12-14-22)29-25(32)27(30(5)26(33)34-18-19(3)4)16-15-20-9-8-10-24(28)23(20)17-27/h8-14,19H,6-7,15-18H2,1-5H3,(H,29,32)/t27-/m1/s1. The van der Waals surface area contributed by atoms with Gasteiger partial charge in [0.15, 0.2) is 0 Å². The lowest BCUT2D eigenvalue weighted by molar-refractivity contribution is -0.127. The molecular weight excluding hydrogens is 450 g/mol. The minimum atomic E-state index is -1.11. The van der Waals surface area contributed by atoms with Crippen LogP contribution in [0.1, 0.15) is 45.2 Å². The lowest BCUT2D eigenvalue weighted by atomic mass is 9.76. The second-order valence-corrected chi connectivity index (χ2v) is 9.70. The molecule has 0 radical (unpaired) electrons. The molecule has 0 heterocycles. The Labute approximate surface area is 208 Å². The summed E-state index contributed by atoms with van der Waals surface area (Å²) in [5, 5.41) is 3.67. The molecule has 6 nitrogen and oxygen atoms in total. The SMILES string of the molecule is CCN(CC)c1ccc(NC(=O)[C@@]2(N(C)C(=O)OCC(C)C)CCc3cccc(Cl)c3C2)cc1. The summed E-state index contributed by atoms with van der Waals surface area (Å²) < 4.78 is 5.50. The maximum Gasteiger partial charge on any atom is 0.410 e. The van der Waals surface area contributed by atoms with Gasteiger partial charge in [0.1, 0.15) is 5.54 Å². The number of carbonyl (C=O) groups excluding carboxylic acids is 2. The van der Waals surface area contributed by atoms with Crippen LogP contribution in [-0.2, 0) is 22.4 Å². The maximum absolute atomic E-state index is 13.8. The van der Waals surface area contributed by atoms with Crippen LogP contribution in [0.3, 0.4) is 0 Å². The van der Waals surface area contributed by atoms with Crippen molar-refractivity contribution in [3.05, 3.63) is 58.6 Å². The Hall–Kier alpha value is -2.73. The number of likely N-dealkylation sites (N-methyl/N-ethyl adjacent to an activating group) is 1. The molecule has 0 spiro atoms. The van der Waals surface area contributed by atoms with Crippen molar-refractivity contribution in [1.29, 1.82) is 0 Å². The molecular formula is C27H36ClN3O3. The van der Waals surface area contributed by atoms with Gasteiger partial charge in [-0.3, -0.25) is 9.69 Å². The number of rotatable bonds is 8. The molecule has 1 N–H and O–H groups in total. The van der Waals surface area contributed by atoms with E-state index in [1.54, 1.807) is 7.05 Å². The molecule has 0 saturated heterocycles. The van der Waals surface area contributed by atoms with Gasteiger partial charge >= 0.3 is 6.09 Å². The van der Waals surface area contributed by atoms with Crippen LogP contribution >= 0.6 is 11.6 Å². The van der Waals surface area contributed by atoms with Gasteiger partial charge < -0.3 is 15.0 Å². The number of amides is 2. The average molecular weight is 486 g/mol. The molecule has 1 aliphatic carbocycles. The van der Waals surface area contributed by atoms with Gasteiger partial charge in [-0.05, 0) is 74.1 Å². The van der Waals surface area contributed by atoms with Crippen LogP contribution in [0, 0.1) is 5.92 Å². The van der Waals surface area contributed by atoms with E-state index in [1.165, 1.54) is 4.90 Å². The molecule has 1 atom stereocenters. The number of carbonyl (C=O) groups is 2. The molecule has 0 saturated carbocycles. The third kappa shape index (κ3) is 5.49. The monoisotopic (exact) mass is 485 g/mol. The lowest BCUT2D eigenvalue weighted by Crippen LogP contribution is -2.60. The number of hydrogen-bond donors (Lipinski definition) is 1. The number of benzene rings is 2. The quantitative estimate of drug-likeness (QED) is 0.515. The van der Waals surface area contributed by atoms with Crippen LogP contribution < -0.4 is 10.2 Å². The number of nitrogens with one attached hydrogen (secondary N) is 1. The first-order valence-electron chi connectivity index (χ1n) is 12.0. The molecule has 1 aliphatic rings. The van der Waals surface area contributed by atoms with Gasteiger partial charge in [0, 0.05) is 43.0 Å². The van der Waals surface area contributed by atoms with E-state index in [-0.39, 0.29) is 11.8 Å². The third-order valence-electron chi connectivity index (χ3n) is 6.63. The summed E-state index contributed by atoms with van der Waals surface area (Å²) in [6.07, 6.45) is 0.956. The topological polar surface area (TPSA) is 61.9 Å². The number of aryl methyl sites for hydroxylation is 1. The van der Waals surface area contributed by atoms with Crippen molar-refractivity contribution in [3.8, 4) is 0 Å². The van der Waals surface area contributed by atoms with E-state index in [0.29, 0.717) is 36.6 Å². The summed E-state index contributed by atoms with van der Waals surface area (Å²) in [5.41, 5.74) is 2.71. The predicted octanol–water partition coefficient (Wildman–Crippen LogP) is 5.78. The van der Waals surface area contributed by atoms with E-state index in [4.69, 9.17) is 16.3 Å². The van der Waals surface area contributed by atoms with Gasteiger partial charge in [0.2, 0.25) is 0 Å². The fourth-order valence-corrected chi connectivity index (χ4v) is 4.75. The van der Waals surface area contributed by atoms with Crippen LogP contribution in [0.4, 0.5) is 16.2 Å². The molecule has 3 rings (SSSR count). The van der Waals surface area contributed by atoms with Crippen LogP contribution in [0.25, 0.3) is 0 Å². The molecule has 0 bridgehead atoms. The van der Waals surface area contributed by atoms with E-state index in [1.807, 2.05) is 56.3 Å². The lowest BCUT2D eigenvalue weighted by Gasteiger charge is -2.43. The summed E-state index contributed by atoms with van der Waals surface area (Å²) in [6.45, 7) is 10.3. The van der Waals surface area contributed by atoms with Crippen molar-refractivity contribution in [2.45, 2.75) is 52.5 Å². The first kappa shape index (κ1) is 25.9. The Morgan fingerprint density at radius 3 is 2.41 bits per heavy atom. The first-order valence-corrected chi connectivity index (χ1v) is 12.4. The minimum Gasteiger partial charge on any atom is -0.449 e. The number of halogens is 1. The number of ether oxygens (including phenoxy) is 1. The zero-order chi connectivity index (χ0) is 24.9. The van der Waals surface area contributed by atoms with Crippen molar-refractivity contribution in [3.63, 3.8) is 0 Å². The van der Waals surface area contributed by atoms with Gasteiger partial charge in [-0.25, -0.2) is 4.79 Å². The predicted molar refractivity (Wildman–Crippen MR) is 139 cm³/mol. The normalized spacial score (nSPS) is 17.1. The number of anilines is 2. The summed E-state index contributed by atoms with van der Waals surface area (Å²) in [4.78, 5) is 30.5. The van der Waals surface area contributed by atoms with E-state index < -0.39 is 11.6 Å². The largest absolute Gasteiger partial charge is 0.449 e. The smallest absolute Gasteiger partial charge is 0.410 e. The fraction of sp³-hybridized carbons (Fsp3) is 0.481. The van der Waals surface area contributed by atoms with E-state index >= 15 is 0 Å². The molecule has 0 unspecified atom stereocenters. The van der Waals surface area contributed by atoms with Gasteiger partial charge in [0.25, 0.3) is 5.91 Å². The fourth-order valence-electron chi connectivity index (χ4n) is 4.49. The van der Waals surface area contributed by atoms with Crippen molar-refractivity contribution in [2.75, 3.05) is 37.0 Å². The van der Waals surface area contributed by atoms with E-state index in [2.05, 4.69) is 24.1 Å². The van der Waals surface area contributed by atoms with E-state index in [0.717, 1.165) is 29.9 Å². The summed E-state index contributed by atoms with van der Waals surface area (Å²) in [7, 11) is 1.65. The van der Waals surface area contributed by atoms with Crippen LogP contribution in [0.5, 0.6) is 0 Å². The Balaban J connectivity index is 1.90. The highest BCUT2D eigenvalue weighted by atomic mass is 35.5. The molecule has 7 heteroatoms. The zero-order valence-electron chi connectivity index (χ0n) is 20.9. The molecule has 0 aliphatic heterocycles. The van der Waals surface area contributed by atoms with Crippen molar-refractivity contribution in [1.82, 2.24) is 4.90 Å². The Morgan fingerprint density at radius 2 is 1.79 bits per heavy atom. The summed E-state index contributed by atoms with van der Waals surface area (Å²) in [6, 6.07) is 13.6. The van der Waals surface area contributed by atoms with Crippen molar-refractivity contribution < 1.29 is 14.3 Å². The van der Waals surface area contributed by atoms with Gasteiger partial charge in [0.05, 0.1) is 6.61 Å². The van der Waals surface area contributed by atoms with Gasteiger partial charge in [-0.2, -0.15) is 0 Å². The Bertz CT molecular complexity index is 1000. The maximum atomic E-state index is 13.8. The van der Waals surface area contributed by atoms with Crippen LogP contribution in [-0.4, -0.2) is 49.2 Å². The highest BCUT2D eigenvalue weighted by Gasteiger charge is 2.48. The number of hydrogen-bond acceptors (Lipinski definition) is 4. The highest BCUT2D eigenvalue weighted by Crippen LogP contribution is 2.37. The molecule has 2 aromatic rings. The van der Waals surface area contributed by atoms with Crippen LogP contribution in [0.15, 0.2) is 42.5 Å². The molecule has 34 heavy (non-hydrogen) atoms. The minimum absolute atomic E-state index is 0.202. The molecule has 2 aromatic carbocycles. The second kappa shape index (κ2) is 11.1. The van der Waals surface area contributed by atoms with Crippen molar-refractivity contribution >= 4 is 35.0 Å². The first-order chi connectivity index (χ1) is 16.2. The Morgan fingerprint density at radius 1 is 1.12 bits per heavy atom. The summed E-state index contributed by atoms with van der Waals surface area (Å²) >= 11 is 6.52. The Kier molecular flexibility index (Phi) is 8.47. The molecule has 2 amide bonds. The van der Waals surface area contributed by atoms with E-state index in [9.17, 15) is 9.59 Å². The second-order valence-electron chi connectivity index (χ2n) is 9.29. The summed E-state index contributed by atoms with van der Waals surface area (Å²) in [5.74, 6) is -0.0365. The van der Waals surface area contributed by atoms with Crippen molar-refractivity contribution in [2.24, 2.45) is 5.92 Å². The number of fused-ring (bicyclic) bond motifs is 1. The van der Waals surface area contributed by atoms with Crippen LogP contribution in [0.2, 0.25) is 5.02 Å². The molecule has 0 fully saturated rings. The zero-order valence-corrected chi connectivity index (χ0v) is 21.6. The number of nitrogens with zero attached hydrogens (tertiary/aromatic N) is 2. The molecule has 0 aromatic heterocycles. The average Bonchev–Trinajstić information content (AvgIpc) is 2.83. The third-order valence-corrected chi connectivity index (χ3v) is 6.98. The van der Waals surface area contributed by atoms with Gasteiger partial charge in [-0.15, -0.1) is 0 Å². The highest BCUT2D eigenvalue weighted by molar-refractivity contribution is 6.31. The van der Waals surface area contributed by atoms with Gasteiger partial charge in [-0.1, -0.05) is 37.6 Å².